The van der Waals surface area contributed by atoms with Crippen molar-refractivity contribution in [2.45, 2.75) is 6.92 Å². The molecule has 0 unspecified atom stereocenters. The number of aromatic nitrogens is 3. The minimum atomic E-state index is -0.108. The third-order valence-corrected chi connectivity index (χ3v) is 3.47. The van der Waals surface area contributed by atoms with Gasteiger partial charge in [0, 0.05) is 0 Å². The first-order valence-corrected chi connectivity index (χ1v) is 5.96. The molecule has 0 aliphatic rings. The first kappa shape index (κ1) is 10.2. The normalized spacial score (nSPS) is 12.4. The van der Waals surface area contributed by atoms with Crippen LogP contribution < -0.4 is 10.1 Å². The molecule has 0 aliphatic carbocycles. The Kier molecular flexibility index (Phi) is 2.26. The molecule has 0 spiro atoms. The lowest BCUT2D eigenvalue weighted by molar-refractivity contribution is 0.932. The summed E-state index contributed by atoms with van der Waals surface area (Å²) in [6, 6.07) is 8.02. The molecule has 0 saturated carbocycles. The molecule has 0 saturated heterocycles. The van der Waals surface area contributed by atoms with Crippen LogP contribution in [0.5, 0.6) is 0 Å². The fraction of sp³-hybridized carbons (Fsp3) is 0.0833. The maximum absolute atomic E-state index is 11.9. The van der Waals surface area contributed by atoms with Crippen LogP contribution in [0.15, 0.2) is 35.4 Å². The van der Waals surface area contributed by atoms with E-state index in [0.717, 1.165) is 5.56 Å². The third-order valence-electron chi connectivity index (χ3n) is 2.50. The van der Waals surface area contributed by atoms with Crippen molar-refractivity contribution >= 4 is 22.4 Å². The van der Waals surface area contributed by atoms with Crippen LogP contribution >= 0.6 is 11.3 Å². The molecule has 2 aromatic heterocycles. The van der Waals surface area contributed by atoms with Gasteiger partial charge in [0.1, 0.15) is 6.33 Å². The summed E-state index contributed by atoms with van der Waals surface area (Å²) < 4.78 is 1.98. The molecule has 0 fully saturated rings. The number of hydrogen-bond donors (Lipinski definition) is 0. The summed E-state index contributed by atoms with van der Waals surface area (Å²) in [4.78, 5) is 16.5. The molecule has 2 heterocycles. The second-order valence-electron chi connectivity index (χ2n) is 3.78. The molecular weight excluding hydrogens is 234 g/mol. The molecule has 0 N–H and O–H groups in total. The summed E-state index contributed by atoms with van der Waals surface area (Å²) in [7, 11) is 0. The van der Waals surface area contributed by atoms with Crippen molar-refractivity contribution < 1.29 is 0 Å². The lowest BCUT2D eigenvalue weighted by Gasteiger charge is -1.92. The smallest absolute Gasteiger partial charge is 0.266 e. The Bertz CT molecular complexity index is 770. The SMILES string of the molecule is Cc1ccc(/C=c2/sc3ncnn3c2=O)cc1. The predicted octanol–water partition coefficient (Wildman–Crippen LogP) is 1.01. The van der Waals surface area contributed by atoms with Crippen LogP contribution in [0.2, 0.25) is 0 Å². The average Bonchev–Trinajstić information content (AvgIpc) is 2.87. The Morgan fingerprint density at radius 1 is 1.29 bits per heavy atom. The summed E-state index contributed by atoms with van der Waals surface area (Å²) in [6.07, 6.45) is 3.26. The predicted molar refractivity (Wildman–Crippen MR) is 67.1 cm³/mol. The van der Waals surface area contributed by atoms with Crippen molar-refractivity contribution in [1.82, 2.24) is 14.6 Å². The zero-order valence-corrected chi connectivity index (χ0v) is 9.94. The summed E-state index contributed by atoms with van der Waals surface area (Å²) in [5.74, 6) is 0. The molecule has 1 aromatic carbocycles. The maximum atomic E-state index is 11.9. The van der Waals surface area contributed by atoms with E-state index in [4.69, 9.17) is 0 Å². The molecular formula is C12H9N3OS. The first-order chi connectivity index (χ1) is 8.24. The van der Waals surface area contributed by atoms with Crippen molar-refractivity contribution in [1.29, 1.82) is 0 Å². The van der Waals surface area contributed by atoms with Crippen molar-refractivity contribution in [3.05, 3.63) is 56.6 Å². The quantitative estimate of drug-likeness (QED) is 0.641. The van der Waals surface area contributed by atoms with Crippen LogP contribution in [0.4, 0.5) is 0 Å². The van der Waals surface area contributed by atoms with E-state index in [1.807, 2.05) is 37.3 Å². The summed E-state index contributed by atoms with van der Waals surface area (Å²) in [5.41, 5.74) is 2.10. The van der Waals surface area contributed by atoms with E-state index >= 15 is 0 Å². The highest BCUT2D eigenvalue weighted by Crippen LogP contribution is 2.04. The second-order valence-corrected chi connectivity index (χ2v) is 4.79. The zero-order chi connectivity index (χ0) is 11.8. The van der Waals surface area contributed by atoms with E-state index in [9.17, 15) is 4.79 Å². The number of benzene rings is 1. The van der Waals surface area contributed by atoms with Gasteiger partial charge in [0.25, 0.3) is 5.56 Å². The number of fused-ring (bicyclic) bond motifs is 1. The average molecular weight is 243 g/mol. The molecule has 0 bridgehead atoms. The number of rotatable bonds is 1. The molecule has 5 heteroatoms. The lowest BCUT2D eigenvalue weighted by atomic mass is 10.1. The van der Waals surface area contributed by atoms with Gasteiger partial charge in [0.2, 0.25) is 4.96 Å². The highest BCUT2D eigenvalue weighted by atomic mass is 32.1. The van der Waals surface area contributed by atoms with E-state index in [1.165, 1.54) is 27.7 Å². The van der Waals surface area contributed by atoms with Gasteiger partial charge in [-0.15, -0.1) is 0 Å². The molecule has 0 atom stereocenters. The third kappa shape index (κ3) is 1.74. The van der Waals surface area contributed by atoms with Gasteiger partial charge in [0.05, 0.1) is 4.53 Å². The van der Waals surface area contributed by atoms with E-state index < -0.39 is 0 Å². The molecule has 4 nitrogen and oxygen atoms in total. The van der Waals surface area contributed by atoms with Crippen LogP contribution in [0, 0.1) is 6.92 Å². The van der Waals surface area contributed by atoms with Crippen LogP contribution in [0.25, 0.3) is 11.0 Å². The largest absolute Gasteiger partial charge is 0.291 e. The second kappa shape index (κ2) is 3.78. The van der Waals surface area contributed by atoms with Gasteiger partial charge in [-0.2, -0.15) is 9.61 Å². The highest BCUT2D eigenvalue weighted by molar-refractivity contribution is 7.15. The van der Waals surface area contributed by atoms with Crippen LogP contribution in [0.3, 0.4) is 0 Å². The van der Waals surface area contributed by atoms with Crippen molar-refractivity contribution in [3.8, 4) is 0 Å². The van der Waals surface area contributed by atoms with Crippen molar-refractivity contribution in [3.63, 3.8) is 0 Å². The zero-order valence-electron chi connectivity index (χ0n) is 9.12. The fourth-order valence-electron chi connectivity index (χ4n) is 1.59. The Balaban J connectivity index is 2.20. The number of nitrogens with zero attached hydrogens (tertiary/aromatic N) is 3. The Morgan fingerprint density at radius 2 is 2.06 bits per heavy atom. The van der Waals surface area contributed by atoms with Gasteiger partial charge < -0.3 is 0 Å². The fourth-order valence-corrected chi connectivity index (χ4v) is 2.47. The monoisotopic (exact) mass is 243 g/mol. The molecule has 0 amide bonds. The van der Waals surface area contributed by atoms with Crippen molar-refractivity contribution in [2.75, 3.05) is 0 Å². The molecule has 3 rings (SSSR count). The first-order valence-electron chi connectivity index (χ1n) is 5.15. The Hall–Kier alpha value is -2.01. The molecule has 0 radical (unpaired) electrons. The number of aryl methyl sites for hydroxylation is 1. The van der Waals surface area contributed by atoms with Gasteiger partial charge >= 0.3 is 0 Å². The van der Waals surface area contributed by atoms with E-state index in [0.29, 0.717) is 9.49 Å². The van der Waals surface area contributed by atoms with Gasteiger partial charge in [-0.25, -0.2) is 4.98 Å². The van der Waals surface area contributed by atoms with Gasteiger partial charge in [-0.1, -0.05) is 41.2 Å². The van der Waals surface area contributed by atoms with E-state index in [1.54, 1.807) is 0 Å². The van der Waals surface area contributed by atoms with Gasteiger partial charge in [0.15, 0.2) is 0 Å². The van der Waals surface area contributed by atoms with Crippen LogP contribution in [-0.2, 0) is 0 Å². The van der Waals surface area contributed by atoms with E-state index in [-0.39, 0.29) is 5.56 Å². The Labute approximate surface area is 101 Å². The van der Waals surface area contributed by atoms with Gasteiger partial charge in [-0.3, -0.25) is 4.79 Å². The standard InChI is InChI=1S/C12H9N3OS/c1-8-2-4-9(5-3-8)6-10-11(16)15-12(17-10)13-7-14-15/h2-7H,1H3/b10-6+. The molecule has 84 valence electrons. The van der Waals surface area contributed by atoms with Gasteiger partial charge in [-0.05, 0) is 18.6 Å². The van der Waals surface area contributed by atoms with Crippen molar-refractivity contribution in [2.24, 2.45) is 0 Å². The van der Waals surface area contributed by atoms with Crippen LogP contribution in [-0.4, -0.2) is 14.6 Å². The highest BCUT2D eigenvalue weighted by Gasteiger charge is 2.04. The Morgan fingerprint density at radius 3 is 2.76 bits per heavy atom. The van der Waals surface area contributed by atoms with Crippen LogP contribution in [0.1, 0.15) is 11.1 Å². The number of thiazole rings is 1. The summed E-state index contributed by atoms with van der Waals surface area (Å²) in [5, 5.41) is 3.88. The summed E-state index contributed by atoms with van der Waals surface area (Å²) >= 11 is 1.35. The van der Waals surface area contributed by atoms with E-state index in [2.05, 4.69) is 10.1 Å². The minimum absolute atomic E-state index is 0.108. The molecule has 0 aliphatic heterocycles. The summed E-state index contributed by atoms with van der Waals surface area (Å²) in [6.45, 7) is 2.03. The maximum Gasteiger partial charge on any atom is 0.291 e. The number of hydrogen-bond acceptors (Lipinski definition) is 4. The topological polar surface area (TPSA) is 47.3 Å². The molecule has 3 aromatic rings. The minimum Gasteiger partial charge on any atom is -0.266 e. The lowest BCUT2D eigenvalue weighted by Crippen LogP contribution is -2.23. The molecule has 17 heavy (non-hydrogen) atoms.